The first-order valence-electron chi connectivity index (χ1n) is 21.6. The van der Waals surface area contributed by atoms with Crippen molar-refractivity contribution in [3.63, 3.8) is 0 Å². The van der Waals surface area contributed by atoms with Crippen LogP contribution in [-0.2, 0) is 50.7 Å². The first kappa shape index (κ1) is 59.1. The molecule has 25 nitrogen and oxygen atoms in total. The second kappa shape index (κ2) is 28.6. The van der Waals surface area contributed by atoms with Crippen LogP contribution in [0.3, 0.4) is 0 Å². The zero-order valence-corrected chi connectivity index (χ0v) is 41.4. The lowest BCUT2D eigenvalue weighted by Crippen LogP contribution is -2.46. The van der Waals surface area contributed by atoms with Crippen LogP contribution < -0.4 is 16.4 Å². The lowest BCUT2D eigenvalue weighted by atomic mass is 9.87. The Hall–Kier alpha value is -3.26. The number of phosphoric ester groups is 3. The van der Waals surface area contributed by atoms with E-state index in [0.717, 1.165) is 48.2 Å². The van der Waals surface area contributed by atoms with Gasteiger partial charge < -0.3 is 56.0 Å². The van der Waals surface area contributed by atoms with Crippen molar-refractivity contribution in [3.8, 4) is 0 Å². The van der Waals surface area contributed by atoms with Crippen molar-refractivity contribution in [2.24, 2.45) is 5.41 Å². The Bertz CT molecular complexity index is 2180. The largest absolute Gasteiger partial charge is 0.481 e. The smallest absolute Gasteiger partial charge is 0.393 e. The van der Waals surface area contributed by atoms with Crippen molar-refractivity contribution in [3.05, 3.63) is 49.1 Å². The number of nitrogens with zero attached hydrogens (tertiary/aromatic N) is 4. The number of hydrogen-bond donors (Lipinski definition) is 10. The van der Waals surface area contributed by atoms with Gasteiger partial charge in [0, 0.05) is 37.1 Å². The summed E-state index contributed by atoms with van der Waals surface area (Å²) in [4.78, 5) is 88.4. The molecule has 0 bridgehead atoms. The lowest BCUT2D eigenvalue weighted by molar-refractivity contribution is -0.137. The predicted octanol–water partition coefficient (Wildman–Crippen LogP) is 3.23. The fraction of sp³-hybridized carbons (Fsp3) is 0.641. The van der Waals surface area contributed by atoms with Crippen LogP contribution in [-0.4, -0.2) is 134 Å². The van der Waals surface area contributed by atoms with Gasteiger partial charge in [-0.1, -0.05) is 81.8 Å². The number of unbranched alkanes of at least 4 members (excludes halogenated alkanes) is 3. The number of anilines is 1. The van der Waals surface area contributed by atoms with Gasteiger partial charge in [-0.3, -0.25) is 32.5 Å². The predicted molar refractivity (Wildman–Crippen MR) is 248 cm³/mol. The quantitative estimate of drug-likeness (QED) is 0.0286. The molecule has 68 heavy (non-hydrogen) atoms. The summed E-state index contributed by atoms with van der Waals surface area (Å²) in [5.74, 6) is -1.27. The summed E-state index contributed by atoms with van der Waals surface area (Å²) in [6, 6.07) is 0. The molecule has 0 radical (unpaired) electrons. The first-order valence-corrected chi connectivity index (χ1v) is 27.1. The van der Waals surface area contributed by atoms with Gasteiger partial charge in [-0.2, -0.15) is 4.31 Å². The Labute approximate surface area is 397 Å². The Morgan fingerprint density at radius 2 is 1.60 bits per heavy atom. The molecule has 384 valence electrons. The van der Waals surface area contributed by atoms with Crippen LogP contribution in [0.2, 0.25) is 0 Å². The normalized spacial score (nSPS) is 20.8. The van der Waals surface area contributed by atoms with E-state index in [-0.39, 0.29) is 53.8 Å². The molecular weight excluding hydrogens is 979 g/mol. The van der Waals surface area contributed by atoms with Crippen molar-refractivity contribution in [1.29, 1.82) is 0 Å². The molecule has 1 saturated heterocycles. The number of phosphoric acid groups is 3. The third kappa shape index (κ3) is 21.4. The van der Waals surface area contributed by atoms with Crippen LogP contribution in [0.15, 0.2) is 49.1 Å². The van der Waals surface area contributed by atoms with Crippen molar-refractivity contribution in [2.75, 3.05) is 37.8 Å². The van der Waals surface area contributed by atoms with E-state index in [1.165, 1.54) is 33.1 Å². The molecule has 3 rings (SSSR count). The minimum Gasteiger partial charge on any atom is -0.393 e. The van der Waals surface area contributed by atoms with Crippen LogP contribution in [0, 0.1) is 5.41 Å². The number of rotatable bonds is 32. The third-order valence-corrected chi connectivity index (χ3v) is 13.8. The summed E-state index contributed by atoms with van der Waals surface area (Å²) in [5, 5.41) is 36.5. The van der Waals surface area contributed by atoms with Crippen molar-refractivity contribution in [2.45, 2.75) is 122 Å². The fourth-order valence-corrected chi connectivity index (χ4v) is 9.80. The Kier molecular flexibility index (Phi) is 24.8. The Morgan fingerprint density at radius 3 is 2.28 bits per heavy atom. The maximum Gasteiger partial charge on any atom is 0.481 e. The number of amides is 2. The van der Waals surface area contributed by atoms with Crippen LogP contribution in [0.4, 0.5) is 5.82 Å². The van der Waals surface area contributed by atoms with Crippen molar-refractivity contribution in [1.82, 2.24) is 30.2 Å². The molecule has 3 heterocycles. The summed E-state index contributed by atoms with van der Waals surface area (Å²) in [6.45, 7) is 2.53. The van der Waals surface area contributed by atoms with Gasteiger partial charge in [-0.15, -0.1) is 0 Å². The summed E-state index contributed by atoms with van der Waals surface area (Å²) in [7, 11) is -16.5. The number of carbonyl (C=O) groups excluding carboxylic acids is 3. The van der Waals surface area contributed by atoms with E-state index in [1.54, 1.807) is 0 Å². The topological polar surface area (TPSA) is 384 Å². The first-order chi connectivity index (χ1) is 31.9. The van der Waals surface area contributed by atoms with Gasteiger partial charge in [0.25, 0.3) is 0 Å². The number of fused-ring (bicyclic) bond motifs is 1. The van der Waals surface area contributed by atoms with E-state index in [0.29, 0.717) is 12.8 Å². The average molecular weight is 1040 g/mol. The van der Waals surface area contributed by atoms with Gasteiger partial charge in [0.15, 0.2) is 22.8 Å². The highest BCUT2D eigenvalue weighted by atomic mass is 32.2. The zero-order chi connectivity index (χ0) is 50.5. The summed E-state index contributed by atoms with van der Waals surface area (Å²) < 4.78 is 62.4. The highest BCUT2D eigenvalue weighted by Gasteiger charge is 2.50. The molecule has 0 aromatic carbocycles. The SMILES string of the molecule is CCCCC/C=C\C/C=C\C/C=C\CC[C@H](O)CC(=O)SCCNC(=O)CCNC(=O)[C@H](O)C(C)(C)COP(=O)(O)OP(=O)(O)OC[C@H]1O[C@@H](n2cnc3c(N)ncnc32)[C@H](O)[C@@H]1OP(=O)(O)O. The monoisotopic (exact) mass is 1040 g/mol. The van der Waals surface area contributed by atoms with Crippen LogP contribution in [0.1, 0.15) is 91.2 Å². The van der Waals surface area contributed by atoms with E-state index in [9.17, 15) is 63.0 Å². The number of aliphatic hydroxyl groups excluding tert-OH is 3. The third-order valence-electron chi connectivity index (χ3n) is 9.85. The molecule has 2 unspecified atom stereocenters. The molecule has 1 fully saturated rings. The summed E-state index contributed by atoms with van der Waals surface area (Å²) >= 11 is 0.968. The lowest BCUT2D eigenvalue weighted by Gasteiger charge is -2.30. The van der Waals surface area contributed by atoms with Gasteiger partial charge in [-0.05, 0) is 38.5 Å². The molecule has 0 aliphatic carbocycles. The molecule has 8 atom stereocenters. The number of nitrogen functional groups attached to an aromatic ring is 1. The van der Waals surface area contributed by atoms with Crippen LogP contribution in [0.5, 0.6) is 0 Å². The highest BCUT2D eigenvalue weighted by Crippen LogP contribution is 2.61. The van der Waals surface area contributed by atoms with E-state index in [1.807, 2.05) is 12.2 Å². The second-order valence-electron chi connectivity index (χ2n) is 16.1. The number of nitrogens with one attached hydrogen (secondary N) is 2. The fourth-order valence-electron chi connectivity index (χ4n) is 6.23. The average Bonchev–Trinajstić information content (AvgIpc) is 3.82. The maximum atomic E-state index is 12.7. The van der Waals surface area contributed by atoms with E-state index in [2.05, 4.69) is 65.6 Å². The van der Waals surface area contributed by atoms with Crippen LogP contribution in [0.25, 0.3) is 11.2 Å². The number of imidazole rings is 1. The van der Waals surface area contributed by atoms with Gasteiger partial charge >= 0.3 is 23.5 Å². The van der Waals surface area contributed by atoms with E-state index in [4.69, 9.17) is 19.5 Å². The molecule has 11 N–H and O–H groups in total. The molecule has 1 aliphatic rings. The van der Waals surface area contributed by atoms with Crippen LogP contribution >= 0.6 is 35.2 Å². The van der Waals surface area contributed by atoms with Gasteiger partial charge in [0.05, 0.1) is 25.6 Å². The number of ether oxygens (including phenoxy) is 1. The van der Waals surface area contributed by atoms with Gasteiger partial charge in [0.1, 0.15) is 36.3 Å². The molecular formula is C39H64N7O18P3S. The van der Waals surface area contributed by atoms with E-state index < -0.39 is 90.7 Å². The number of aromatic nitrogens is 4. The molecule has 1 aliphatic heterocycles. The van der Waals surface area contributed by atoms with Gasteiger partial charge in [0.2, 0.25) is 11.8 Å². The molecule has 29 heteroatoms. The zero-order valence-electron chi connectivity index (χ0n) is 37.9. The van der Waals surface area contributed by atoms with E-state index >= 15 is 0 Å². The Balaban J connectivity index is 1.33. The number of aliphatic hydroxyl groups is 3. The number of nitrogens with two attached hydrogens (primary N) is 1. The second-order valence-corrected chi connectivity index (χ2v) is 21.5. The van der Waals surface area contributed by atoms with Crippen molar-refractivity contribution >= 4 is 69.1 Å². The standard InChI is InChI=1S/C39H64N7O18P3S/c1-4-5-6-7-8-9-10-11-12-13-14-15-16-17-27(47)22-30(49)68-21-20-41-29(48)18-19-42-37(52)34(51)39(2,3)24-61-67(58,59)64-66(56,57)60-23-28-33(63-65(53,54)55)32(50)38(62-28)46-26-45-31-35(40)43-25-44-36(31)46/h8-9,11-12,14-15,25-28,32-34,38,47,50-51H,4-7,10,13,16-24H2,1-3H3,(H,41,48)(H,42,52)(H,56,57)(H,58,59)(H2,40,43,44)(H2,53,54,55)/b9-8-,12-11-,15-14-/t27-,28+,32+,33+,34-,38+/m0/s1. The Morgan fingerprint density at radius 1 is 0.941 bits per heavy atom. The number of carbonyl (C=O) groups is 3. The van der Waals surface area contributed by atoms with Gasteiger partial charge in [-0.25, -0.2) is 28.6 Å². The molecule has 0 spiro atoms. The molecule has 2 aromatic rings. The highest BCUT2D eigenvalue weighted by molar-refractivity contribution is 8.13. The molecule has 0 saturated carbocycles. The minimum absolute atomic E-state index is 0.0254. The molecule has 2 amide bonds. The summed E-state index contributed by atoms with van der Waals surface area (Å²) in [6.07, 6.45) is 12.3. The molecule has 2 aromatic heterocycles. The number of hydrogen-bond acceptors (Lipinski definition) is 19. The minimum atomic E-state index is -5.59. The van der Waals surface area contributed by atoms with Crippen molar-refractivity contribution < 1.29 is 85.6 Å². The maximum absolute atomic E-state index is 12.7. The number of allylic oxidation sites excluding steroid dienone is 6. The summed E-state index contributed by atoms with van der Waals surface area (Å²) in [5.41, 5.74) is 4.24. The number of thioether (sulfide) groups is 1.